The second kappa shape index (κ2) is 5.87. The second-order valence-electron chi connectivity index (χ2n) is 4.89. The summed E-state index contributed by atoms with van der Waals surface area (Å²) in [6.07, 6.45) is 0. The topological polar surface area (TPSA) is 37.4 Å². The zero-order valence-electron chi connectivity index (χ0n) is 11.4. The summed E-state index contributed by atoms with van der Waals surface area (Å²) < 4.78 is 5.73. The number of likely N-dealkylation sites (N-methyl/N-ethyl adjacent to an activating group) is 1. The number of anilines is 1. The van der Waals surface area contributed by atoms with Crippen LogP contribution in [-0.4, -0.2) is 42.7 Å². The normalized spacial score (nSPS) is 11.6. The summed E-state index contributed by atoms with van der Waals surface area (Å²) in [7, 11) is 4.09. The van der Waals surface area contributed by atoms with Gasteiger partial charge in [0.15, 0.2) is 0 Å². The van der Waals surface area contributed by atoms with Crippen molar-refractivity contribution in [3.63, 3.8) is 0 Å². The molecule has 17 heavy (non-hydrogen) atoms. The van der Waals surface area contributed by atoms with E-state index >= 15 is 0 Å². The van der Waals surface area contributed by atoms with E-state index in [2.05, 4.69) is 29.0 Å². The van der Waals surface area contributed by atoms with Crippen molar-refractivity contribution in [1.82, 2.24) is 9.88 Å². The summed E-state index contributed by atoms with van der Waals surface area (Å²) in [6, 6.07) is 5.77. The van der Waals surface area contributed by atoms with Crippen LogP contribution in [0.1, 0.15) is 20.8 Å². The molecule has 1 N–H and O–H groups in total. The number of aromatic nitrogens is 1. The zero-order valence-corrected chi connectivity index (χ0v) is 11.4. The first-order valence-electron chi connectivity index (χ1n) is 5.97. The molecule has 0 aromatic carbocycles. The summed E-state index contributed by atoms with van der Waals surface area (Å²) >= 11 is 0. The quantitative estimate of drug-likeness (QED) is 0.823. The van der Waals surface area contributed by atoms with Gasteiger partial charge in [-0.3, -0.25) is 0 Å². The van der Waals surface area contributed by atoms with E-state index < -0.39 is 0 Å². The van der Waals surface area contributed by atoms with Crippen molar-refractivity contribution in [2.45, 2.75) is 26.3 Å². The molecule has 0 unspecified atom stereocenters. The molecule has 96 valence electrons. The second-order valence-corrected chi connectivity index (χ2v) is 4.89. The van der Waals surface area contributed by atoms with Gasteiger partial charge in [-0.05, 0) is 40.9 Å². The molecule has 4 nitrogen and oxygen atoms in total. The average Bonchev–Trinajstić information content (AvgIpc) is 2.27. The highest BCUT2D eigenvalue weighted by molar-refractivity contribution is 5.36. The summed E-state index contributed by atoms with van der Waals surface area (Å²) in [6.45, 7) is 7.80. The van der Waals surface area contributed by atoms with Gasteiger partial charge in [0, 0.05) is 18.2 Å². The van der Waals surface area contributed by atoms with Crippen molar-refractivity contribution in [2.24, 2.45) is 0 Å². The van der Waals surface area contributed by atoms with E-state index in [9.17, 15) is 0 Å². The predicted octanol–water partition coefficient (Wildman–Crippen LogP) is 2.23. The van der Waals surface area contributed by atoms with Crippen molar-refractivity contribution in [3.05, 3.63) is 18.2 Å². The van der Waals surface area contributed by atoms with Crippen molar-refractivity contribution in [2.75, 3.05) is 32.6 Å². The molecule has 0 saturated carbocycles. The molecular weight excluding hydrogens is 214 g/mol. The van der Waals surface area contributed by atoms with E-state index in [0.717, 1.165) is 12.4 Å². The lowest BCUT2D eigenvalue weighted by atomic mass is 10.1. The van der Waals surface area contributed by atoms with Crippen molar-refractivity contribution < 1.29 is 4.74 Å². The van der Waals surface area contributed by atoms with Crippen LogP contribution < -0.4 is 10.1 Å². The number of ether oxygens (including phenoxy) is 1. The van der Waals surface area contributed by atoms with Gasteiger partial charge in [0.1, 0.15) is 12.4 Å². The van der Waals surface area contributed by atoms with Crippen LogP contribution in [0.5, 0.6) is 5.88 Å². The van der Waals surface area contributed by atoms with Gasteiger partial charge in [0.2, 0.25) is 5.88 Å². The number of rotatable bonds is 6. The van der Waals surface area contributed by atoms with E-state index in [-0.39, 0.29) is 5.54 Å². The lowest BCUT2D eigenvalue weighted by Crippen LogP contribution is -2.43. The van der Waals surface area contributed by atoms with E-state index in [0.29, 0.717) is 12.5 Å². The van der Waals surface area contributed by atoms with Gasteiger partial charge in [0.05, 0.1) is 0 Å². The minimum atomic E-state index is -0.00410. The Morgan fingerprint density at radius 1 is 1.35 bits per heavy atom. The summed E-state index contributed by atoms with van der Waals surface area (Å²) in [5, 5.41) is 3.17. The van der Waals surface area contributed by atoms with Gasteiger partial charge in [-0.2, -0.15) is 4.98 Å². The van der Waals surface area contributed by atoms with Crippen LogP contribution in [0.15, 0.2) is 18.2 Å². The Labute approximate surface area is 104 Å². The SMILES string of the molecule is CCNc1cccc(OCC(C)(C)N(C)C)n1. The minimum Gasteiger partial charge on any atom is -0.476 e. The molecule has 1 heterocycles. The van der Waals surface area contributed by atoms with Crippen LogP contribution in [0.3, 0.4) is 0 Å². The molecule has 0 fully saturated rings. The Balaban J connectivity index is 2.60. The van der Waals surface area contributed by atoms with Crippen molar-refractivity contribution in [3.8, 4) is 5.88 Å². The van der Waals surface area contributed by atoms with Crippen LogP contribution >= 0.6 is 0 Å². The Kier molecular flexibility index (Phi) is 4.75. The molecule has 0 amide bonds. The van der Waals surface area contributed by atoms with Crippen LogP contribution in [0.25, 0.3) is 0 Å². The van der Waals surface area contributed by atoms with E-state index in [1.165, 1.54) is 0 Å². The molecule has 0 atom stereocenters. The maximum Gasteiger partial charge on any atom is 0.215 e. The molecule has 0 aliphatic carbocycles. The Morgan fingerprint density at radius 3 is 2.65 bits per heavy atom. The minimum absolute atomic E-state index is 0.00410. The summed E-state index contributed by atoms with van der Waals surface area (Å²) in [5.41, 5.74) is -0.00410. The van der Waals surface area contributed by atoms with E-state index in [1.54, 1.807) is 0 Å². The fourth-order valence-electron chi connectivity index (χ4n) is 1.15. The molecule has 0 spiro atoms. The highest BCUT2D eigenvalue weighted by atomic mass is 16.5. The number of hydrogen-bond donors (Lipinski definition) is 1. The van der Waals surface area contributed by atoms with Crippen LogP contribution in [-0.2, 0) is 0 Å². The maximum absolute atomic E-state index is 5.73. The monoisotopic (exact) mass is 237 g/mol. The maximum atomic E-state index is 5.73. The van der Waals surface area contributed by atoms with Crippen molar-refractivity contribution in [1.29, 1.82) is 0 Å². The molecule has 4 heteroatoms. The number of nitrogens with one attached hydrogen (secondary N) is 1. The van der Waals surface area contributed by atoms with Gasteiger partial charge < -0.3 is 15.0 Å². The van der Waals surface area contributed by atoms with E-state index in [4.69, 9.17) is 4.74 Å². The van der Waals surface area contributed by atoms with Gasteiger partial charge >= 0.3 is 0 Å². The number of hydrogen-bond acceptors (Lipinski definition) is 4. The standard InChI is InChI=1S/C13H23N3O/c1-6-14-11-8-7-9-12(15-11)17-10-13(2,3)16(4)5/h7-9H,6,10H2,1-5H3,(H,14,15). The summed E-state index contributed by atoms with van der Waals surface area (Å²) in [4.78, 5) is 6.51. The third-order valence-corrected chi connectivity index (χ3v) is 2.87. The molecule has 0 saturated heterocycles. The highest BCUT2D eigenvalue weighted by Crippen LogP contribution is 2.15. The van der Waals surface area contributed by atoms with Gasteiger partial charge in [-0.15, -0.1) is 0 Å². The van der Waals surface area contributed by atoms with Crippen LogP contribution in [0.2, 0.25) is 0 Å². The third-order valence-electron chi connectivity index (χ3n) is 2.87. The molecule has 0 bridgehead atoms. The molecule has 0 radical (unpaired) electrons. The Hall–Kier alpha value is -1.29. The molecule has 0 aliphatic heterocycles. The van der Waals surface area contributed by atoms with Gasteiger partial charge in [0.25, 0.3) is 0 Å². The van der Waals surface area contributed by atoms with Crippen molar-refractivity contribution >= 4 is 5.82 Å². The molecule has 1 aromatic rings. The van der Waals surface area contributed by atoms with Crippen LogP contribution in [0, 0.1) is 0 Å². The first-order chi connectivity index (χ1) is 7.95. The predicted molar refractivity (Wildman–Crippen MR) is 71.7 cm³/mol. The lowest BCUT2D eigenvalue weighted by molar-refractivity contribution is 0.111. The highest BCUT2D eigenvalue weighted by Gasteiger charge is 2.21. The Bertz CT molecular complexity index is 350. The fourth-order valence-corrected chi connectivity index (χ4v) is 1.15. The zero-order chi connectivity index (χ0) is 12.9. The smallest absolute Gasteiger partial charge is 0.215 e. The number of pyridine rings is 1. The van der Waals surface area contributed by atoms with E-state index in [1.807, 2.05) is 39.2 Å². The fraction of sp³-hybridized carbons (Fsp3) is 0.615. The lowest BCUT2D eigenvalue weighted by Gasteiger charge is -2.31. The average molecular weight is 237 g/mol. The van der Waals surface area contributed by atoms with Crippen LogP contribution in [0.4, 0.5) is 5.82 Å². The Morgan fingerprint density at radius 2 is 2.06 bits per heavy atom. The number of nitrogens with zero attached hydrogens (tertiary/aromatic N) is 2. The van der Waals surface area contributed by atoms with Gasteiger partial charge in [-0.1, -0.05) is 6.07 Å². The summed E-state index contributed by atoms with van der Waals surface area (Å²) in [5.74, 6) is 1.52. The first-order valence-corrected chi connectivity index (χ1v) is 5.97. The first kappa shape index (κ1) is 13.8. The van der Waals surface area contributed by atoms with Gasteiger partial charge in [-0.25, -0.2) is 0 Å². The molecular formula is C13H23N3O. The molecule has 1 rings (SSSR count). The molecule has 0 aliphatic rings. The molecule has 1 aromatic heterocycles. The third kappa shape index (κ3) is 4.23. The largest absolute Gasteiger partial charge is 0.476 e.